The lowest BCUT2D eigenvalue weighted by atomic mass is 9.88. The lowest BCUT2D eigenvalue weighted by molar-refractivity contribution is -0.117. The monoisotopic (exact) mass is 370 g/mol. The molecule has 1 aliphatic heterocycles. The van der Waals surface area contributed by atoms with Gasteiger partial charge in [0.15, 0.2) is 0 Å². The number of nitrogens with one attached hydrogen (secondary N) is 1. The second-order valence-electron chi connectivity index (χ2n) is 7.10. The van der Waals surface area contributed by atoms with E-state index in [2.05, 4.69) is 29.6 Å². The molecule has 0 unspecified atom stereocenters. The van der Waals surface area contributed by atoms with Crippen LogP contribution in [0, 0.1) is 0 Å². The predicted octanol–water partition coefficient (Wildman–Crippen LogP) is 4.37. The second kappa shape index (κ2) is 7.69. The molecule has 1 heterocycles. The lowest BCUT2D eigenvalue weighted by Gasteiger charge is -2.18. The minimum atomic E-state index is -0.0460. The van der Waals surface area contributed by atoms with E-state index < -0.39 is 0 Å². The molecule has 1 N–H and O–H groups in total. The van der Waals surface area contributed by atoms with Gasteiger partial charge in [0.25, 0.3) is 0 Å². The van der Waals surface area contributed by atoms with Crippen LogP contribution in [-0.2, 0) is 16.0 Å². The van der Waals surface area contributed by atoms with Crippen molar-refractivity contribution in [1.29, 1.82) is 0 Å². The minimum Gasteiger partial charge on any atom is -0.326 e. The summed E-state index contributed by atoms with van der Waals surface area (Å²) in [6.07, 6.45) is 0.732. The van der Waals surface area contributed by atoms with Crippen LogP contribution in [0.15, 0.2) is 78.9 Å². The zero-order valence-corrected chi connectivity index (χ0v) is 15.8. The van der Waals surface area contributed by atoms with Gasteiger partial charge in [-0.2, -0.15) is 0 Å². The van der Waals surface area contributed by atoms with Crippen LogP contribution < -0.4 is 10.2 Å². The van der Waals surface area contributed by atoms with Gasteiger partial charge in [0.05, 0.1) is 6.42 Å². The van der Waals surface area contributed by atoms with Gasteiger partial charge in [-0.25, -0.2) is 0 Å². The van der Waals surface area contributed by atoms with Crippen LogP contribution in [0.3, 0.4) is 0 Å². The van der Waals surface area contributed by atoms with Crippen LogP contribution >= 0.6 is 0 Å². The summed E-state index contributed by atoms with van der Waals surface area (Å²) in [7, 11) is 1.77. The number of amides is 2. The van der Waals surface area contributed by atoms with Crippen LogP contribution in [0.1, 0.15) is 29.0 Å². The van der Waals surface area contributed by atoms with Crippen molar-refractivity contribution in [3.8, 4) is 0 Å². The Kier molecular flexibility index (Phi) is 4.94. The van der Waals surface area contributed by atoms with Crippen LogP contribution in [-0.4, -0.2) is 18.9 Å². The highest BCUT2D eigenvalue weighted by atomic mass is 16.2. The summed E-state index contributed by atoms with van der Waals surface area (Å²) >= 11 is 0. The van der Waals surface area contributed by atoms with Crippen molar-refractivity contribution in [2.45, 2.75) is 18.8 Å². The third-order valence-corrected chi connectivity index (χ3v) is 5.23. The van der Waals surface area contributed by atoms with Crippen LogP contribution in [0.5, 0.6) is 0 Å². The van der Waals surface area contributed by atoms with Gasteiger partial charge in [-0.3, -0.25) is 9.59 Å². The fraction of sp³-hybridized carbons (Fsp3) is 0.167. The summed E-state index contributed by atoms with van der Waals surface area (Å²) in [4.78, 5) is 26.3. The summed E-state index contributed by atoms with van der Waals surface area (Å²) in [5.74, 6) is 0.0200. The first-order chi connectivity index (χ1) is 13.6. The summed E-state index contributed by atoms with van der Waals surface area (Å²) in [5, 5.41) is 3.00. The largest absolute Gasteiger partial charge is 0.326 e. The van der Waals surface area contributed by atoms with Crippen LogP contribution in [0.4, 0.5) is 11.4 Å². The smallest absolute Gasteiger partial charge is 0.231 e. The number of rotatable bonds is 5. The Labute approximate surface area is 164 Å². The molecule has 0 bridgehead atoms. The van der Waals surface area contributed by atoms with E-state index in [-0.39, 0.29) is 17.7 Å². The van der Waals surface area contributed by atoms with E-state index in [4.69, 9.17) is 0 Å². The maximum Gasteiger partial charge on any atom is 0.231 e. The molecule has 0 saturated heterocycles. The van der Waals surface area contributed by atoms with Gasteiger partial charge in [0.2, 0.25) is 11.8 Å². The number of anilines is 2. The Bertz CT molecular complexity index is 960. The number of carbonyl (C=O) groups excluding carboxylic acids is 2. The first kappa shape index (κ1) is 18.0. The van der Waals surface area contributed by atoms with Gasteiger partial charge in [0, 0.05) is 30.8 Å². The Balaban J connectivity index is 1.53. The predicted molar refractivity (Wildman–Crippen MR) is 112 cm³/mol. The molecule has 3 aromatic rings. The zero-order valence-electron chi connectivity index (χ0n) is 15.8. The molecule has 3 aromatic carbocycles. The van der Waals surface area contributed by atoms with E-state index in [9.17, 15) is 9.59 Å². The molecule has 2 amide bonds. The van der Waals surface area contributed by atoms with Crippen molar-refractivity contribution < 1.29 is 9.59 Å². The highest BCUT2D eigenvalue weighted by Gasteiger charge is 2.24. The molecule has 0 saturated carbocycles. The summed E-state index contributed by atoms with van der Waals surface area (Å²) < 4.78 is 0. The van der Waals surface area contributed by atoms with E-state index in [0.717, 1.165) is 28.1 Å². The lowest BCUT2D eigenvalue weighted by Crippen LogP contribution is -2.20. The fourth-order valence-electron chi connectivity index (χ4n) is 3.74. The van der Waals surface area contributed by atoms with Gasteiger partial charge in [-0.05, 0) is 34.9 Å². The third-order valence-electron chi connectivity index (χ3n) is 5.23. The van der Waals surface area contributed by atoms with Gasteiger partial charge in [0.1, 0.15) is 0 Å². The number of hydrogen-bond donors (Lipinski definition) is 1. The molecule has 0 aromatic heterocycles. The molecule has 140 valence electrons. The van der Waals surface area contributed by atoms with Crippen molar-refractivity contribution in [1.82, 2.24) is 0 Å². The maximum atomic E-state index is 12.8. The van der Waals surface area contributed by atoms with Gasteiger partial charge >= 0.3 is 0 Å². The number of carbonyl (C=O) groups is 2. The first-order valence-corrected chi connectivity index (χ1v) is 9.41. The van der Waals surface area contributed by atoms with Crippen molar-refractivity contribution >= 4 is 23.2 Å². The van der Waals surface area contributed by atoms with E-state index >= 15 is 0 Å². The summed E-state index contributed by atoms with van der Waals surface area (Å²) in [6.45, 7) is 0. The topological polar surface area (TPSA) is 49.4 Å². The SMILES string of the molecule is CN1C(=O)Cc2cc(NC(=O)CC(c3ccccc3)c3ccccc3)ccc21. The van der Waals surface area contributed by atoms with E-state index in [1.54, 1.807) is 11.9 Å². The number of hydrogen-bond acceptors (Lipinski definition) is 2. The maximum absolute atomic E-state index is 12.8. The molecule has 1 aliphatic rings. The number of likely N-dealkylation sites (N-methyl/N-ethyl adjacent to an activating group) is 1. The molecule has 0 atom stereocenters. The van der Waals surface area contributed by atoms with Gasteiger partial charge < -0.3 is 10.2 Å². The van der Waals surface area contributed by atoms with E-state index in [1.165, 1.54) is 0 Å². The quantitative estimate of drug-likeness (QED) is 0.725. The molecule has 4 heteroatoms. The second-order valence-corrected chi connectivity index (χ2v) is 7.10. The highest BCUT2D eigenvalue weighted by molar-refractivity contribution is 6.02. The molecule has 4 nitrogen and oxygen atoms in total. The molecule has 0 spiro atoms. The summed E-state index contributed by atoms with van der Waals surface area (Å²) in [6, 6.07) is 25.8. The van der Waals surface area contributed by atoms with Gasteiger partial charge in [-0.15, -0.1) is 0 Å². The van der Waals surface area contributed by atoms with E-state index in [0.29, 0.717) is 12.8 Å². The molecule has 0 radical (unpaired) electrons. The van der Waals surface area contributed by atoms with Crippen molar-refractivity contribution in [2.75, 3.05) is 17.3 Å². The molecular weight excluding hydrogens is 348 g/mol. The van der Waals surface area contributed by atoms with Crippen LogP contribution in [0.25, 0.3) is 0 Å². The average Bonchev–Trinajstić information content (AvgIpc) is 3.00. The highest BCUT2D eigenvalue weighted by Crippen LogP contribution is 2.31. The van der Waals surface area contributed by atoms with Crippen molar-refractivity contribution in [3.05, 3.63) is 95.6 Å². The Morgan fingerprint density at radius 2 is 1.57 bits per heavy atom. The first-order valence-electron chi connectivity index (χ1n) is 9.41. The van der Waals surface area contributed by atoms with Crippen molar-refractivity contribution in [3.63, 3.8) is 0 Å². The molecule has 4 rings (SSSR count). The number of fused-ring (bicyclic) bond motifs is 1. The van der Waals surface area contributed by atoms with Gasteiger partial charge in [-0.1, -0.05) is 60.7 Å². The average molecular weight is 370 g/mol. The number of nitrogens with zero attached hydrogens (tertiary/aromatic N) is 1. The Morgan fingerprint density at radius 1 is 0.964 bits per heavy atom. The molecular formula is C24H22N2O2. The molecule has 0 fully saturated rings. The van der Waals surface area contributed by atoms with E-state index in [1.807, 2.05) is 54.6 Å². The fourth-order valence-corrected chi connectivity index (χ4v) is 3.74. The number of benzene rings is 3. The normalized spacial score (nSPS) is 12.9. The van der Waals surface area contributed by atoms with Crippen molar-refractivity contribution in [2.24, 2.45) is 0 Å². The Hall–Kier alpha value is -3.40. The zero-order chi connectivity index (χ0) is 19.5. The standard InChI is InChI=1S/C24H22N2O2/c1-26-22-13-12-20(14-19(22)15-24(26)28)25-23(27)16-21(17-8-4-2-5-9-17)18-10-6-3-7-11-18/h2-14,21H,15-16H2,1H3,(H,25,27). The minimum absolute atomic E-state index is 0.00969. The molecule has 0 aliphatic carbocycles. The van der Waals surface area contributed by atoms with Crippen LogP contribution in [0.2, 0.25) is 0 Å². The third kappa shape index (κ3) is 3.67. The Morgan fingerprint density at radius 3 is 2.18 bits per heavy atom. The summed E-state index contributed by atoms with van der Waals surface area (Å²) in [5.41, 5.74) is 4.82. The molecule has 28 heavy (non-hydrogen) atoms.